The molecule has 0 amide bonds. The van der Waals surface area contributed by atoms with Crippen LogP contribution in [0, 0.1) is 0 Å². The van der Waals surface area contributed by atoms with E-state index in [0.717, 1.165) is 6.42 Å². The summed E-state index contributed by atoms with van der Waals surface area (Å²) in [5.41, 5.74) is 0.195. The van der Waals surface area contributed by atoms with E-state index in [0.29, 0.717) is 18.9 Å². The number of carbonyl (C=O) groups is 1. The molecule has 1 saturated heterocycles. The largest absolute Gasteiger partial charge is 0.503 e. The maximum absolute atomic E-state index is 10.9. The Morgan fingerprint density at radius 1 is 1.65 bits per heavy atom. The van der Waals surface area contributed by atoms with E-state index in [1.807, 2.05) is 0 Å². The minimum Gasteiger partial charge on any atom is -0.503 e. The van der Waals surface area contributed by atoms with E-state index in [2.05, 4.69) is 4.98 Å². The third kappa shape index (κ3) is 2.16. The molecule has 1 fully saturated rings. The topological polar surface area (TPSA) is 88.9 Å². The van der Waals surface area contributed by atoms with Crippen LogP contribution in [0.25, 0.3) is 0 Å². The van der Waals surface area contributed by atoms with Crippen LogP contribution in [0.5, 0.6) is 11.5 Å². The molecule has 1 unspecified atom stereocenters. The van der Waals surface area contributed by atoms with Crippen molar-refractivity contribution in [1.82, 2.24) is 4.98 Å². The summed E-state index contributed by atoms with van der Waals surface area (Å²) in [5.74, 6) is -1.54. The van der Waals surface area contributed by atoms with Crippen molar-refractivity contribution in [3.8, 4) is 11.5 Å². The van der Waals surface area contributed by atoms with Crippen LogP contribution < -0.4 is 4.74 Å². The molecular formula is C11H13NO5. The molecule has 2 heterocycles. The van der Waals surface area contributed by atoms with Gasteiger partial charge in [-0.15, -0.1) is 0 Å². The third-order valence-electron chi connectivity index (χ3n) is 2.75. The van der Waals surface area contributed by atoms with E-state index >= 15 is 0 Å². The number of aromatic hydroxyl groups is 1. The normalized spacial score (nSPS) is 19.2. The van der Waals surface area contributed by atoms with Crippen LogP contribution in [0.15, 0.2) is 6.07 Å². The molecule has 0 bridgehead atoms. The second kappa shape index (κ2) is 4.58. The summed E-state index contributed by atoms with van der Waals surface area (Å²) < 4.78 is 10.2. The SMILES string of the molecule is COc1cc(C2CCOC2)nc(C(=O)O)c1O. The molecule has 1 aliphatic heterocycles. The summed E-state index contributed by atoms with van der Waals surface area (Å²) >= 11 is 0. The highest BCUT2D eigenvalue weighted by atomic mass is 16.5. The maximum atomic E-state index is 10.9. The number of ether oxygens (including phenoxy) is 2. The molecule has 92 valence electrons. The summed E-state index contributed by atoms with van der Waals surface area (Å²) in [7, 11) is 1.37. The molecule has 1 aliphatic rings. The zero-order chi connectivity index (χ0) is 12.4. The number of rotatable bonds is 3. The predicted molar refractivity (Wildman–Crippen MR) is 57.6 cm³/mol. The van der Waals surface area contributed by atoms with Gasteiger partial charge in [0, 0.05) is 18.6 Å². The number of nitrogens with zero attached hydrogens (tertiary/aromatic N) is 1. The molecule has 2 rings (SSSR count). The Morgan fingerprint density at radius 3 is 2.94 bits per heavy atom. The second-order valence-corrected chi connectivity index (χ2v) is 3.81. The zero-order valence-corrected chi connectivity index (χ0v) is 9.34. The van der Waals surface area contributed by atoms with Gasteiger partial charge < -0.3 is 19.7 Å². The highest BCUT2D eigenvalue weighted by molar-refractivity contribution is 5.89. The van der Waals surface area contributed by atoms with Gasteiger partial charge in [0.25, 0.3) is 0 Å². The van der Waals surface area contributed by atoms with Crippen LogP contribution in [-0.4, -0.2) is 41.5 Å². The summed E-state index contributed by atoms with van der Waals surface area (Å²) in [6.45, 7) is 1.15. The first-order valence-electron chi connectivity index (χ1n) is 5.22. The summed E-state index contributed by atoms with van der Waals surface area (Å²) in [4.78, 5) is 14.9. The molecule has 0 aromatic carbocycles. The van der Waals surface area contributed by atoms with Crippen LogP contribution in [0.3, 0.4) is 0 Å². The molecule has 2 N–H and O–H groups in total. The Labute approximate surface area is 97.8 Å². The van der Waals surface area contributed by atoms with Gasteiger partial charge in [-0.2, -0.15) is 0 Å². The first kappa shape index (κ1) is 11.7. The van der Waals surface area contributed by atoms with Crippen molar-refractivity contribution >= 4 is 5.97 Å². The first-order valence-corrected chi connectivity index (χ1v) is 5.22. The molecule has 6 nitrogen and oxygen atoms in total. The lowest BCUT2D eigenvalue weighted by Crippen LogP contribution is -2.08. The fourth-order valence-corrected chi connectivity index (χ4v) is 1.82. The Bertz CT molecular complexity index is 440. The third-order valence-corrected chi connectivity index (χ3v) is 2.75. The van der Waals surface area contributed by atoms with E-state index in [9.17, 15) is 9.90 Å². The summed E-state index contributed by atoms with van der Waals surface area (Å²) in [5, 5.41) is 18.6. The highest BCUT2D eigenvalue weighted by Gasteiger charge is 2.24. The van der Waals surface area contributed by atoms with E-state index < -0.39 is 11.7 Å². The van der Waals surface area contributed by atoms with Gasteiger partial charge in [0.05, 0.1) is 19.4 Å². The Kier molecular flexibility index (Phi) is 3.14. The summed E-state index contributed by atoms with van der Waals surface area (Å²) in [6, 6.07) is 1.56. The van der Waals surface area contributed by atoms with Gasteiger partial charge in [0.1, 0.15) is 0 Å². The van der Waals surface area contributed by atoms with E-state index in [1.165, 1.54) is 7.11 Å². The van der Waals surface area contributed by atoms with Crippen molar-refractivity contribution in [2.75, 3.05) is 20.3 Å². The molecule has 0 aliphatic carbocycles. The minimum absolute atomic E-state index is 0.0580. The average molecular weight is 239 g/mol. The monoisotopic (exact) mass is 239 g/mol. The standard InChI is InChI=1S/C11H13NO5/c1-16-8-4-7(6-2-3-17-5-6)12-9(10(8)13)11(14)15/h4,6,13H,2-3,5H2,1H3,(H,14,15). The predicted octanol–water partition coefficient (Wildman–Crippen LogP) is 0.998. The van der Waals surface area contributed by atoms with Crippen LogP contribution in [0.4, 0.5) is 0 Å². The second-order valence-electron chi connectivity index (χ2n) is 3.81. The lowest BCUT2D eigenvalue weighted by atomic mass is 10.0. The fourth-order valence-electron chi connectivity index (χ4n) is 1.82. The number of aromatic nitrogens is 1. The molecule has 1 aromatic heterocycles. The van der Waals surface area contributed by atoms with Crippen LogP contribution in [0.1, 0.15) is 28.5 Å². The molecule has 17 heavy (non-hydrogen) atoms. The van der Waals surface area contributed by atoms with Crippen LogP contribution in [0.2, 0.25) is 0 Å². The Hall–Kier alpha value is -1.82. The van der Waals surface area contributed by atoms with Gasteiger partial charge in [-0.3, -0.25) is 0 Å². The lowest BCUT2D eigenvalue weighted by molar-refractivity contribution is 0.0685. The Balaban J connectivity index is 2.46. The smallest absolute Gasteiger partial charge is 0.358 e. The van der Waals surface area contributed by atoms with E-state index in [1.54, 1.807) is 6.07 Å². The molecule has 6 heteroatoms. The Morgan fingerprint density at radius 2 is 2.41 bits per heavy atom. The molecular weight excluding hydrogens is 226 g/mol. The quantitative estimate of drug-likeness (QED) is 0.817. The number of hydrogen-bond acceptors (Lipinski definition) is 5. The number of carboxylic acids is 1. The first-order chi connectivity index (χ1) is 8.13. The number of aromatic carboxylic acids is 1. The van der Waals surface area contributed by atoms with Crippen molar-refractivity contribution in [2.24, 2.45) is 0 Å². The zero-order valence-electron chi connectivity index (χ0n) is 9.34. The van der Waals surface area contributed by atoms with Crippen molar-refractivity contribution in [3.05, 3.63) is 17.5 Å². The van der Waals surface area contributed by atoms with Crippen molar-refractivity contribution in [1.29, 1.82) is 0 Å². The van der Waals surface area contributed by atoms with Gasteiger partial charge in [0.15, 0.2) is 17.2 Å². The number of methoxy groups -OCH3 is 1. The van der Waals surface area contributed by atoms with E-state index in [-0.39, 0.29) is 17.4 Å². The van der Waals surface area contributed by atoms with Gasteiger partial charge >= 0.3 is 5.97 Å². The van der Waals surface area contributed by atoms with Gasteiger partial charge in [0.2, 0.25) is 0 Å². The number of carboxylic acid groups (broad SMARTS) is 1. The van der Waals surface area contributed by atoms with Gasteiger partial charge in [-0.1, -0.05) is 0 Å². The lowest BCUT2D eigenvalue weighted by Gasteiger charge is -2.12. The molecule has 1 atom stereocenters. The molecule has 1 aromatic rings. The van der Waals surface area contributed by atoms with Gasteiger partial charge in [-0.05, 0) is 6.42 Å². The van der Waals surface area contributed by atoms with Crippen LogP contribution in [-0.2, 0) is 4.74 Å². The average Bonchev–Trinajstić information content (AvgIpc) is 2.82. The van der Waals surface area contributed by atoms with Crippen molar-refractivity contribution in [3.63, 3.8) is 0 Å². The maximum Gasteiger partial charge on any atom is 0.358 e. The van der Waals surface area contributed by atoms with Gasteiger partial charge in [-0.25, -0.2) is 9.78 Å². The van der Waals surface area contributed by atoms with Crippen molar-refractivity contribution < 1.29 is 24.5 Å². The number of pyridine rings is 1. The van der Waals surface area contributed by atoms with E-state index in [4.69, 9.17) is 14.6 Å². The minimum atomic E-state index is -1.28. The molecule has 0 spiro atoms. The number of hydrogen-bond donors (Lipinski definition) is 2. The molecule has 0 radical (unpaired) electrons. The van der Waals surface area contributed by atoms with Crippen molar-refractivity contribution in [2.45, 2.75) is 12.3 Å². The summed E-state index contributed by atoms with van der Waals surface area (Å²) in [6.07, 6.45) is 0.792. The highest BCUT2D eigenvalue weighted by Crippen LogP contribution is 2.33. The fraction of sp³-hybridized carbons (Fsp3) is 0.455. The van der Waals surface area contributed by atoms with Crippen LogP contribution >= 0.6 is 0 Å². The molecule has 0 saturated carbocycles.